The van der Waals surface area contributed by atoms with E-state index in [4.69, 9.17) is 4.74 Å². The van der Waals surface area contributed by atoms with Crippen molar-refractivity contribution in [2.24, 2.45) is 7.05 Å². The first-order valence-electron chi connectivity index (χ1n) is 5.91. The Labute approximate surface area is 112 Å². The number of hydrogen-bond donors (Lipinski definition) is 0. The highest BCUT2D eigenvalue weighted by atomic mass is 16.5. The van der Waals surface area contributed by atoms with Gasteiger partial charge >= 0.3 is 0 Å². The van der Waals surface area contributed by atoms with Crippen molar-refractivity contribution < 1.29 is 9.53 Å². The largest absolute Gasteiger partial charge is 0.496 e. The SMILES string of the molecule is COc1ccnc2c1c(C(=O)/C=C/N(C)C)cn2C. The van der Waals surface area contributed by atoms with Gasteiger partial charge in [0, 0.05) is 45.8 Å². The Bertz CT molecular complexity index is 641. The van der Waals surface area contributed by atoms with Crippen LogP contribution in [-0.4, -0.2) is 41.4 Å². The molecular weight excluding hydrogens is 242 g/mol. The zero-order valence-electron chi connectivity index (χ0n) is 11.5. The van der Waals surface area contributed by atoms with Crippen LogP contribution in [0.25, 0.3) is 11.0 Å². The number of allylic oxidation sites excluding steroid dienone is 1. The van der Waals surface area contributed by atoms with E-state index in [1.165, 1.54) is 0 Å². The molecule has 5 nitrogen and oxygen atoms in total. The first-order chi connectivity index (χ1) is 9.04. The molecule has 5 heteroatoms. The molecule has 0 aliphatic rings. The quantitative estimate of drug-likeness (QED) is 0.621. The van der Waals surface area contributed by atoms with Crippen molar-refractivity contribution in [2.45, 2.75) is 0 Å². The van der Waals surface area contributed by atoms with Crippen molar-refractivity contribution in [2.75, 3.05) is 21.2 Å². The van der Waals surface area contributed by atoms with Gasteiger partial charge in [-0.15, -0.1) is 0 Å². The second kappa shape index (κ2) is 5.14. The first-order valence-corrected chi connectivity index (χ1v) is 5.91. The van der Waals surface area contributed by atoms with E-state index in [2.05, 4.69) is 4.98 Å². The van der Waals surface area contributed by atoms with Gasteiger partial charge in [-0.05, 0) is 6.07 Å². The molecule has 0 aromatic carbocycles. The molecule has 2 aromatic rings. The van der Waals surface area contributed by atoms with Crippen LogP contribution in [-0.2, 0) is 7.05 Å². The van der Waals surface area contributed by atoms with Crippen LogP contribution in [0.1, 0.15) is 10.4 Å². The molecule has 0 amide bonds. The van der Waals surface area contributed by atoms with E-state index < -0.39 is 0 Å². The highest BCUT2D eigenvalue weighted by molar-refractivity contribution is 6.14. The number of methoxy groups -OCH3 is 1. The van der Waals surface area contributed by atoms with Crippen LogP contribution in [0.3, 0.4) is 0 Å². The molecule has 19 heavy (non-hydrogen) atoms. The third-order valence-corrected chi connectivity index (χ3v) is 2.83. The molecule has 100 valence electrons. The molecule has 0 saturated heterocycles. The number of rotatable bonds is 4. The number of aryl methyl sites for hydroxylation is 1. The zero-order chi connectivity index (χ0) is 14.0. The highest BCUT2D eigenvalue weighted by Gasteiger charge is 2.16. The van der Waals surface area contributed by atoms with Crippen molar-refractivity contribution in [3.05, 3.63) is 36.3 Å². The van der Waals surface area contributed by atoms with Crippen LogP contribution in [0.15, 0.2) is 30.7 Å². The predicted octanol–water partition coefficient (Wildman–Crippen LogP) is 1.84. The van der Waals surface area contributed by atoms with Crippen LogP contribution in [0, 0.1) is 0 Å². The molecule has 0 saturated carbocycles. The van der Waals surface area contributed by atoms with E-state index in [-0.39, 0.29) is 5.78 Å². The molecule has 0 aliphatic heterocycles. The lowest BCUT2D eigenvalue weighted by atomic mass is 10.1. The summed E-state index contributed by atoms with van der Waals surface area (Å²) >= 11 is 0. The summed E-state index contributed by atoms with van der Waals surface area (Å²) < 4.78 is 7.15. The Morgan fingerprint density at radius 1 is 1.47 bits per heavy atom. The molecule has 0 spiro atoms. The molecule has 0 N–H and O–H groups in total. The molecular formula is C14H17N3O2. The van der Waals surface area contributed by atoms with Crippen molar-refractivity contribution in [1.29, 1.82) is 0 Å². The van der Waals surface area contributed by atoms with Crippen LogP contribution in [0.4, 0.5) is 0 Å². The van der Waals surface area contributed by atoms with E-state index in [0.717, 1.165) is 11.0 Å². The number of carbonyl (C=O) groups excluding carboxylic acids is 1. The monoisotopic (exact) mass is 259 g/mol. The molecule has 0 bridgehead atoms. The normalized spacial score (nSPS) is 11.2. The van der Waals surface area contributed by atoms with E-state index in [0.29, 0.717) is 11.3 Å². The van der Waals surface area contributed by atoms with Crippen LogP contribution in [0.2, 0.25) is 0 Å². The Morgan fingerprint density at radius 3 is 2.84 bits per heavy atom. The van der Waals surface area contributed by atoms with Gasteiger partial charge < -0.3 is 14.2 Å². The molecule has 0 unspecified atom stereocenters. The number of nitrogens with zero attached hydrogens (tertiary/aromatic N) is 3. The fraction of sp³-hybridized carbons (Fsp3) is 0.286. The topological polar surface area (TPSA) is 47.4 Å². The Kier molecular flexibility index (Phi) is 3.55. The lowest BCUT2D eigenvalue weighted by Crippen LogP contribution is -2.03. The summed E-state index contributed by atoms with van der Waals surface area (Å²) in [4.78, 5) is 18.3. The number of ether oxygens (including phenoxy) is 1. The van der Waals surface area contributed by atoms with Gasteiger partial charge in [-0.2, -0.15) is 0 Å². The smallest absolute Gasteiger partial charge is 0.189 e. The van der Waals surface area contributed by atoms with Crippen molar-refractivity contribution in [1.82, 2.24) is 14.5 Å². The maximum Gasteiger partial charge on any atom is 0.189 e. The fourth-order valence-corrected chi connectivity index (χ4v) is 1.94. The number of aromatic nitrogens is 2. The summed E-state index contributed by atoms with van der Waals surface area (Å²) in [5.74, 6) is 0.595. The summed E-state index contributed by atoms with van der Waals surface area (Å²) in [6, 6.07) is 1.76. The van der Waals surface area contributed by atoms with Gasteiger partial charge in [-0.1, -0.05) is 0 Å². The number of carbonyl (C=O) groups is 1. The van der Waals surface area contributed by atoms with Gasteiger partial charge in [0.15, 0.2) is 5.78 Å². The van der Waals surface area contributed by atoms with E-state index in [1.54, 1.807) is 37.8 Å². The molecule has 0 radical (unpaired) electrons. The van der Waals surface area contributed by atoms with Crippen molar-refractivity contribution in [3.8, 4) is 5.75 Å². The Morgan fingerprint density at radius 2 is 2.21 bits per heavy atom. The molecule has 0 aliphatic carbocycles. The maximum atomic E-state index is 12.2. The van der Waals surface area contributed by atoms with E-state index in [1.807, 2.05) is 30.6 Å². The zero-order valence-corrected chi connectivity index (χ0v) is 11.5. The maximum absolute atomic E-state index is 12.2. The van der Waals surface area contributed by atoms with Gasteiger partial charge in [0.05, 0.1) is 18.1 Å². The van der Waals surface area contributed by atoms with E-state index >= 15 is 0 Å². The van der Waals surface area contributed by atoms with Crippen LogP contribution >= 0.6 is 0 Å². The van der Waals surface area contributed by atoms with Crippen LogP contribution < -0.4 is 4.74 Å². The molecule has 0 atom stereocenters. The highest BCUT2D eigenvalue weighted by Crippen LogP contribution is 2.28. The van der Waals surface area contributed by atoms with Crippen LogP contribution in [0.5, 0.6) is 5.75 Å². The second-order valence-corrected chi connectivity index (χ2v) is 4.51. The second-order valence-electron chi connectivity index (χ2n) is 4.51. The summed E-state index contributed by atoms with van der Waals surface area (Å²) in [6.45, 7) is 0. The third kappa shape index (κ3) is 2.45. The lowest BCUT2D eigenvalue weighted by Gasteiger charge is -2.04. The standard InChI is InChI=1S/C14H17N3O2/c1-16(2)8-6-11(18)10-9-17(3)14-13(10)12(19-4)5-7-15-14/h5-9H,1-4H3/b8-6+. The van der Waals surface area contributed by atoms with Crippen molar-refractivity contribution >= 4 is 16.8 Å². The number of hydrogen-bond acceptors (Lipinski definition) is 4. The Hall–Kier alpha value is -2.30. The Balaban J connectivity index is 2.58. The number of pyridine rings is 1. The molecule has 2 heterocycles. The van der Waals surface area contributed by atoms with Gasteiger partial charge in [0.1, 0.15) is 11.4 Å². The molecule has 2 aromatic heterocycles. The van der Waals surface area contributed by atoms with Gasteiger partial charge in [-0.25, -0.2) is 4.98 Å². The summed E-state index contributed by atoms with van der Waals surface area (Å²) in [7, 11) is 7.19. The summed E-state index contributed by atoms with van der Waals surface area (Å²) in [5.41, 5.74) is 1.33. The van der Waals surface area contributed by atoms with Gasteiger partial charge in [0.25, 0.3) is 0 Å². The fourth-order valence-electron chi connectivity index (χ4n) is 1.94. The molecule has 2 rings (SSSR count). The lowest BCUT2D eigenvalue weighted by molar-refractivity contribution is 0.104. The minimum atomic E-state index is -0.0643. The van der Waals surface area contributed by atoms with E-state index in [9.17, 15) is 4.79 Å². The first kappa shape index (κ1) is 13.1. The predicted molar refractivity (Wildman–Crippen MR) is 74.4 cm³/mol. The van der Waals surface area contributed by atoms with Crippen molar-refractivity contribution in [3.63, 3.8) is 0 Å². The number of ketones is 1. The average molecular weight is 259 g/mol. The minimum Gasteiger partial charge on any atom is -0.496 e. The third-order valence-electron chi connectivity index (χ3n) is 2.83. The van der Waals surface area contributed by atoms with Gasteiger partial charge in [-0.3, -0.25) is 4.79 Å². The average Bonchev–Trinajstić information content (AvgIpc) is 2.74. The summed E-state index contributed by atoms with van der Waals surface area (Å²) in [5, 5.41) is 0.751. The minimum absolute atomic E-state index is 0.0643. The van der Waals surface area contributed by atoms with Gasteiger partial charge in [0.2, 0.25) is 0 Å². The number of fused-ring (bicyclic) bond motifs is 1. The summed E-state index contributed by atoms with van der Waals surface area (Å²) in [6.07, 6.45) is 6.72. The molecule has 0 fully saturated rings.